The van der Waals surface area contributed by atoms with Crippen molar-refractivity contribution in [2.45, 2.75) is 51.6 Å². The van der Waals surface area contributed by atoms with Crippen LogP contribution in [0.3, 0.4) is 0 Å². The van der Waals surface area contributed by atoms with Crippen molar-refractivity contribution < 1.29 is 0 Å². The summed E-state index contributed by atoms with van der Waals surface area (Å²) in [5.74, 6) is 0. The first-order chi connectivity index (χ1) is 17.7. The molecule has 0 unspecified atom stereocenters. The molecule has 0 radical (unpaired) electrons. The van der Waals surface area contributed by atoms with E-state index in [1.807, 2.05) is 0 Å². The predicted molar refractivity (Wildman–Crippen MR) is 162 cm³/mol. The van der Waals surface area contributed by atoms with Crippen LogP contribution in [0.15, 0.2) is 115 Å². The lowest BCUT2D eigenvalue weighted by molar-refractivity contribution is 0.606. The minimum Gasteiger partial charge on any atom is -0.375 e. The standard InChI is InChI=1S/C34H41NP/c1-3-4-5-6-7-17-28-35(2)31-26-24-30(25-27-31)29-36(32-18-11-8-12-19-32,33-20-13-9-14-21-33)34-22-15-10-16-23-34/h8-16,18-27H,3-7,17,28-29H2,1-2H3/q+1. The molecule has 0 spiro atoms. The molecule has 0 bridgehead atoms. The molecule has 0 fully saturated rings. The number of nitrogens with zero attached hydrogens (tertiary/aromatic N) is 1. The molecule has 36 heavy (non-hydrogen) atoms. The van der Waals surface area contributed by atoms with Crippen LogP contribution in [0.1, 0.15) is 51.0 Å². The molecule has 0 heterocycles. The minimum absolute atomic E-state index is 1.02. The van der Waals surface area contributed by atoms with Crippen LogP contribution < -0.4 is 20.8 Å². The Labute approximate surface area is 219 Å². The number of hydrogen-bond donors (Lipinski definition) is 0. The summed E-state index contributed by atoms with van der Waals surface area (Å²) >= 11 is 0. The Balaban J connectivity index is 1.60. The Morgan fingerprint density at radius 1 is 0.528 bits per heavy atom. The molecule has 0 aromatic heterocycles. The van der Waals surface area contributed by atoms with Gasteiger partial charge in [-0.05, 0) is 60.5 Å². The van der Waals surface area contributed by atoms with Gasteiger partial charge in [-0.25, -0.2) is 0 Å². The predicted octanol–water partition coefficient (Wildman–Crippen LogP) is 7.98. The highest BCUT2D eigenvalue weighted by Crippen LogP contribution is 2.58. The maximum absolute atomic E-state index is 2.41. The van der Waals surface area contributed by atoms with Crippen LogP contribution in [0, 0.1) is 0 Å². The Morgan fingerprint density at radius 2 is 0.972 bits per heavy atom. The van der Waals surface area contributed by atoms with Crippen LogP contribution in [0.2, 0.25) is 0 Å². The van der Waals surface area contributed by atoms with Gasteiger partial charge in [-0.3, -0.25) is 0 Å². The van der Waals surface area contributed by atoms with E-state index >= 15 is 0 Å². The molecule has 4 rings (SSSR count). The van der Waals surface area contributed by atoms with E-state index in [4.69, 9.17) is 0 Å². The Kier molecular flexibility index (Phi) is 9.76. The summed E-state index contributed by atoms with van der Waals surface area (Å²) in [4.78, 5) is 2.41. The number of benzene rings is 4. The van der Waals surface area contributed by atoms with Crippen molar-refractivity contribution in [2.24, 2.45) is 0 Å². The van der Waals surface area contributed by atoms with Crippen molar-refractivity contribution >= 4 is 28.9 Å². The highest BCUT2D eigenvalue weighted by molar-refractivity contribution is 7.95. The molecule has 0 aliphatic rings. The van der Waals surface area contributed by atoms with E-state index in [9.17, 15) is 0 Å². The molecule has 1 nitrogen and oxygen atoms in total. The van der Waals surface area contributed by atoms with Gasteiger partial charge in [0.2, 0.25) is 0 Å². The van der Waals surface area contributed by atoms with Gasteiger partial charge in [0.15, 0.2) is 0 Å². The van der Waals surface area contributed by atoms with Crippen molar-refractivity contribution in [3.8, 4) is 0 Å². The summed E-state index contributed by atoms with van der Waals surface area (Å²) < 4.78 is 0. The van der Waals surface area contributed by atoms with E-state index in [1.54, 1.807) is 0 Å². The van der Waals surface area contributed by atoms with Gasteiger partial charge in [0.25, 0.3) is 0 Å². The first kappa shape index (κ1) is 26.2. The smallest absolute Gasteiger partial charge is 0.116 e. The Morgan fingerprint density at radius 3 is 1.44 bits per heavy atom. The van der Waals surface area contributed by atoms with Crippen molar-refractivity contribution in [1.29, 1.82) is 0 Å². The van der Waals surface area contributed by atoms with E-state index in [-0.39, 0.29) is 0 Å². The van der Waals surface area contributed by atoms with Crippen LogP contribution in [0.25, 0.3) is 0 Å². The molecule has 0 saturated heterocycles. The van der Waals surface area contributed by atoms with E-state index in [2.05, 4.69) is 134 Å². The number of unbranched alkanes of at least 4 members (excludes halogenated alkanes) is 5. The van der Waals surface area contributed by atoms with Crippen molar-refractivity contribution in [3.05, 3.63) is 121 Å². The number of hydrogen-bond acceptors (Lipinski definition) is 1. The lowest BCUT2D eigenvalue weighted by Crippen LogP contribution is -2.32. The summed E-state index contributed by atoms with van der Waals surface area (Å²) in [6.45, 7) is 3.41. The normalized spacial score (nSPS) is 11.4. The van der Waals surface area contributed by atoms with Crippen molar-refractivity contribution in [3.63, 3.8) is 0 Å². The molecule has 4 aromatic rings. The van der Waals surface area contributed by atoms with E-state index in [0.29, 0.717) is 0 Å². The summed E-state index contributed by atoms with van der Waals surface area (Å²) in [7, 11) is 0.374. The minimum atomic E-state index is -1.86. The van der Waals surface area contributed by atoms with Gasteiger partial charge in [-0.15, -0.1) is 0 Å². The van der Waals surface area contributed by atoms with Gasteiger partial charge >= 0.3 is 0 Å². The first-order valence-corrected chi connectivity index (χ1v) is 15.6. The molecule has 2 heteroatoms. The molecule has 0 saturated carbocycles. The Hall–Kier alpha value is -2.89. The highest BCUT2D eigenvalue weighted by Gasteiger charge is 2.45. The number of rotatable bonds is 13. The Bertz CT molecular complexity index is 1040. The monoisotopic (exact) mass is 494 g/mol. The van der Waals surface area contributed by atoms with Crippen LogP contribution in [-0.2, 0) is 6.16 Å². The summed E-state index contributed by atoms with van der Waals surface area (Å²) in [5.41, 5.74) is 2.71. The second kappa shape index (κ2) is 13.4. The zero-order valence-electron chi connectivity index (χ0n) is 22.0. The summed E-state index contributed by atoms with van der Waals surface area (Å²) in [6.07, 6.45) is 9.06. The first-order valence-electron chi connectivity index (χ1n) is 13.6. The summed E-state index contributed by atoms with van der Waals surface area (Å²) in [6, 6.07) is 42.9. The quantitative estimate of drug-likeness (QED) is 0.135. The molecule has 0 aliphatic heterocycles. The maximum atomic E-state index is 2.41. The average Bonchev–Trinajstić information content (AvgIpc) is 2.95. The second-order valence-corrected chi connectivity index (χ2v) is 13.3. The molecule has 0 aliphatic carbocycles. The van der Waals surface area contributed by atoms with Gasteiger partial charge < -0.3 is 4.90 Å². The van der Waals surface area contributed by atoms with Crippen LogP contribution in [0.4, 0.5) is 5.69 Å². The fourth-order valence-corrected chi connectivity index (χ4v) is 9.40. The lowest BCUT2D eigenvalue weighted by Gasteiger charge is -2.28. The SMILES string of the molecule is CCCCCCCCN(C)c1ccc(C[P+](c2ccccc2)(c2ccccc2)c2ccccc2)cc1. The molecule has 0 amide bonds. The van der Waals surface area contributed by atoms with Crippen LogP contribution >= 0.6 is 7.26 Å². The third-order valence-electron chi connectivity index (χ3n) is 7.23. The molecule has 186 valence electrons. The topological polar surface area (TPSA) is 3.24 Å². The lowest BCUT2D eigenvalue weighted by atomic mass is 10.1. The van der Waals surface area contributed by atoms with Gasteiger partial charge in [0, 0.05) is 19.3 Å². The van der Waals surface area contributed by atoms with Gasteiger partial charge in [0.1, 0.15) is 23.2 Å². The van der Waals surface area contributed by atoms with Gasteiger partial charge in [-0.1, -0.05) is 106 Å². The van der Waals surface area contributed by atoms with Crippen molar-refractivity contribution in [1.82, 2.24) is 0 Å². The third kappa shape index (κ3) is 6.45. The second-order valence-electron chi connectivity index (χ2n) is 9.83. The molecule has 0 N–H and O–H groups in total. The van der Waals surface area contributed by atoms with Crippen LogP contribution in [-0.4, -0.2) is 13.6 Å². The third-order valence-corrected chi connectivity index (χ3v) is 11.6. The highest BCUT2D eigenvalue weighted by atomic mass is 31.2. The summed E-state index contributed by atoms with van der Waals surface area (Å²) in [5, 5.41) is 4.31. The fraction of sp³-hybridized carbons (Fsp3) is 0.294. The molecular formula is C34H41NP+. The molecule has 0 atom stereocenters. The number of anilines is 1. The van der Waals surface area contributed by atoms with Gasteiger partial charge in [-0.2, -0.15) is 0 Å². The van der Waals surface area contributed by atoms with Crippen LogP contribution in [0.5, 0.6) is 0 Å². The zero-order valence-corrected chi connectivity index (χ0v) is 22.9. The maximum Gasteiger partial charge on any atom is 0.116 e. The zero-order chi connectivity index (χ0) is 25.1. The molecular weight excluding hydrogens is 453 g/mol. The largest absolute Gasteiger partial charge is 0.375 e. The average molecular weight is 495 g/mol. The van der Waals surface area contributed by atoms with E-state index in [0.717, 1.165) is 12.7 Å². The van der Waals surface area contributed by atoms with E-state index < -0.39 is 7.26 Å². The fourth-order valence-electron chi connectivity index (χ4n) is 5.16. The van der Waals surface area contributed by atoms with Gasteiger partial charge in [0.05, 0.1) is 6.16 Å². The van der Waals surface area contributed by atoms with E-state index in [1.165, 1.54) is 65.7 Å². The van der Waals surface area contributed by atoms with Crippen molar-refractivity contribution in [2.75, 3.05) is 18.5 Å². The molecule has 4 aromatic carbocycles.